The van der Waals surface area contributed by atoms with E-state index in [1.54, 1.807) is 19.2 Å². The van der Waals surface area contributed by atoms with Crippen LogP contribution in [0.2, 0.25) is 0 Å². The SMILES string of the molecule is COc1cc(C)ccc1CNc1cccc(S(N)(=O)=O)c1. The zero-order chi connectivity index (χ0) is 15.5. The Balaban J connectivity index is 2.17. The van der Waals surface area contributed by atoms with Crippen LogP contribution < -0.4 is 15.2 Å². The maximum absolute atomic E-state index is 11.3. The Hall–Kier alpha value is -2.05. The zero-order valence-electron chi connectivity index (χ0n) is 12.0. The molecule has 3 N–H and O–H groups in total. The van der Waals surface area contributed by atoms with Gasteiger partial charge in [0.15, 0.2) is 0 Å². The summed E-state index contributed by atoms with van der Waals surface area (Å²) in [6.07, 6.45) is 0. The summed E-state index contributed by atoms with van der Waals surface area (Å²) in [5.74, 6) is 0.796. The fourth-order valence-electron chi connectivity index (χ4n) is 1.98. The van der Waals surface area contributed by atoms with Crippen LogP contribution in [0.3, 0.4) is 0 Å². The van der Waals surface area contributed by atoms with E-state index in [4.69, 9.17) is 9.88 Å². The van der Waals surface area contributed by atoms with Gasteiger partial charge in [-0.25, -0.2) is 13.6 Å². The van der Waals surface area contributed by atoms with Gasteiger partial charge in [-0.3, -0.25) is 0 Å². The molecule has 0 bridgehead atoms. The Labute approximate surface area is 124 Å². The highest BCUT2D eigenvalue weighted by molar-refractivity contribution is 7.89. The largest absolute Gasteiger partial charge is 0.496 e. The molecule has 2 rings (SSSR count). The Bertz CT molecular complexity index is 742. The number of hydrogen-bond acceptors (Lipinski definition) is 4. The molecule has 5 nitrogen and oxygen atoms in total. The van der Waals surface area contributed by atoms with E-state index in [2.05, 4.69) is 5.32 Å². The number of anilines is 1. The molecule has 0 fully saturated rings. The van der Waals surface area contributed by atoms with Crippen LogP contribution in [0.25, 0.3) is 0 Å². The molecule has 0 spiro atoms. The van der Waals surface area contributed by atoms with Gasteiger partial charge in [-0.15, -0.1) is 0 Å². The van der Waals surface area contributed by atoms with Crippen molar-refractivity contribution in [2.75, 3.05) is 12.4 Å². The van der Waals surface area contributed by atoms with Crippen molar-refractivity contribution >= 4 is 15.7 Å². The van der Waals surface area contributed by atoms with Crippen LogP contribution in [0.1, 0.15) is 11.1 Å². The summed E-state index contributed by atoms with van der Waals surface area (Å²) in [5.41, 5.74) is 2.79. The van der Waals surface area contributed by atoms with Crippen molar-refractivity contribution in [3.8, 4) is 5.75 Å². The highest BCUT2D eigenvalue weighted by Crippen LogP contribution is 2.22. The van der Waals surface area contributed by atoms with Gasteiger partial charge in [0.05, 0.1) is 12.0 Å². The van der Waals surface area contributed by atoms with Crippen molar-refractivity contribution in [3.63, 3.8) is 0 Å². The molecule has 0 aliphatic carbocycles. The Morgan fingerprint density at radius 1 is 1.19 bits per heavy atom. The molecule has 0 saturated heterocycles. The summed E-state index contributed by atoms with van der Waals surface area (Å²) in [6, 6.07) is 12.3. The topological polar surface area (TPSA) is 81.4 Å². The number of sulfonamides is 1. The van der Waals surface area contributed by atoms with Crippen molar-refractivity contribution in [1.29, 1.82) is 0 Å². The molecular weight excluding hydrogens is 288 g/mol. The average Bonchev–Trinajstić information content (AvgIpc) is 2.45. The number of primary sulfonamides is 1. The number of ether oxygens (including phenoxy) is 1. The van der Waals surface area contributed by atoms with Crippen molar-refractivity contribution in [1.82, 2.24) is 0 Å². The third-order valence-electron chi connectivity index (χ3n) is 3.09. The van der Waals surface area contributed by atoms with E-state index >= 15 is 0 Å². The van der Waals surface area contributed by atoms with Gasteiger partial charge in [-0.2, -0.15) is 0 Å². The quantitative estimate of drug-likeness (QED) is 0.888. The van der Waals surface area contributed by atoms with Crippen LogP contribution in [0.4, 0.5) is 5.69 Å². The normalized spacial score (nSPS) is 11.2. The van der Waals surface area contributed by atoms with E-state index in [1.165, 1.54) is 12.1 Å². The number of benzene rings is 2. The molecule has 0 aliphatic rings. The van der Waals surface area contributed by atoms with E-state index in [9.17, 15) is 8.42 Å². The summed E-state index contributed by atoms with van der Waals surface area (Å²) in [7, 11) is -2.07. The zero-order valence-corrected chi connectivity index (χ0v) is 12.8. The third-order valence-corrected chi connectivity index (χ3v) is 4.00. The Morgan fingerprint density at radius 2 is 1.95 bits per heavy atom. The number of aryl methyl sites for hydroxylation is 1. The van der Waals surface area contributed by atoms with Crippen LogP contribution in [0.5, 0.6) is 5.75 Å². The van der Waals surface area contributed by atoms with Gasteiger partial charge in [0.1, 0.15) is 5.75 Å². The summed E-state index contributed by atoms with van der Waals surface area (Å²) in [6.45, 7) is 2.52. The first kappa shape index (κ1) is 15.3. The number of nitrogens with one attached hydrogen (secondary N) is 1. The van der Waals surface area contributed by atoms with Crippen LogP contribution in [0.15, 0.2) is 47.4 Å². The first-order valence-corrected chi connectivity index (χ1v) is 7.95. The summed E-state index contributed by atoms with van der Waals surface area (Å²) in [4.78, 5) is 0.0865. The predicted molar refractivity (Wildman–Crippen MR) is 82.9 cm³/mol. The lowest BCUT2D eigenvalue weighted by atomic mass is 10.1. The van der Waals surface area contributed by atoms with Crippen LogP contribution in [0, 0.1) is 6.92 Å². The van der Waals surface area contributed by atoms with Gasteiger partial charge in [0, 0.05) is 17.8 Å². The number of nitrogens with two attached hydrogens (primary N) is 1. The van der Waals surface area contributed by atoms with Crippen LogP contribution >= 0.6 is 0 Å². The monoisotopic (exact) mass is 306 g/mol. The van der Waals surface area contributed by atoms with E-state index in [-0.39, 0.29) is 4.90 Å². The lowest BCUT2D eigenvalue weighted by molar-refractivity contribution is 0.410. The highest BCUT2D eigenvalue weighted by Gasteiger charge is 2.08. The van der Waals surface area contributed by atoms with Gasteiger partial charge >= 0.3 is 0 Å². The van der Waals surface area contributed by atoms with Crippen LogP contribution in [-0.2, 0) is 16.6 Å². The first-order chi connectivity index (χ1) is 9.90. The number of rotatable bonds is 5. The summed E-state index contributed by atoms with van der Waals surface area (Å²) >= 11 is 0. The average molecular weight is 306 g/mol. The van der Waals surface area contributed by atoms with E-state index in [1.807, 2.05) is 25.1 Å². The maximum Gasteiger partial charge on any atom is 0.238 e. The second-order valence-corrected chi connectivity index (χ2v) is 6.30. The highest BCUT2D eigenvalue weighted by atomic mass is 32.2. The minimum absolute atomic E-state index is 0.0865. The lowest BCUT2D eigenvalue weighted by Gasteiger charge is -2.12. The summed E-state index contributed by atoms with van der Waals surface area (Å²) in [5, 5.41) is 8.29. The molecule has 6 heteroatoms. The molecule has 112 valence electrons. The predicted octanol–water partition coefficient (Wildman–Crippen LogP) is 2.26. The maximum atomic E-state index is 11.3. The number of methoxy groups -OCH3 is 1. The van der Waals surface area contributed by atoms with Gasteiger partial charge in [-0.05, 0) is 36.8 Å². The first-order valence-electron chi connectivity index (χ1n) is 6.40. The standard InChI is InChI=1S/C15H18N2O3S/c1-11-6-7-12(15(8-11)20-2)10-17-13-4-3-5-14(9-13)21(16,18)19/h3-9,17H,10H2,1-2H3,(H2,16,18,19). The molecule has 0 heterocycles. The fourth-order valence-corrected chi connectivity index (χ4v) is 2.54. The molecule has 2 aromatic carbocycles. The molecule has 0 aliphatic heterocycles. The van der Waals surface area contributed by atoms with E-state index in [0.717, 1.165) is 16.9 Å². The molecule has 2 aromatic rings. The second-order valence-electron chi connectivity index (χ2n) is 4.74. The molecule has 0 atom stereocenters. The second kappa shape index (κ2) is 6.15. The van der Waals surface area contributed by atoms with E-state index in [0.29, 0.717) is 12.2 Å². The van der Waals surface area contributed by atoms with Crippen molar-refractivity contribution < 1.29 is 13.2 Å². The van der Waals surface area contributed by atoms with Gasteiger partial charge in [0.25, 0.3) is 0 Å². The van der Waals surface area contributed by atoms with Gasteiger partial charge in [-0.1, -0.05) is 18.2 Å². The third kappa shape index (κ3) is 3.96. The molecule has 0 aromatic heterocycles. The Kier molecular flexibility index (Phi) is 4.50. The van der Waals surface area contributed by atoms with Gasteiger partial charge < -0.3 is 10.1 Å². The van der Waals surface area contributed by atoms with E-state index < -0.39 is 10.0 Å². The fraction of sp³-hybridized carbons (Fsp3) is 0.200. The van der Waals surface area contributed by atoms with Gasteiger partial charge in [0.2, 0.25) is 10.0 Å². The molecular formula is C15H18N2O3S. The van der Waals surface area contributed by atoms with Crippen molar-refractivity contribution in [2.45, 2.75) is 18.4 Å². The number of hydrogen-bond donors (Lipinski definition) is 2. The molecule has 0 radical (unpaired) electrons. The lowest BCUT2D eigenvalue weighted by Crippen LogP contribution is -2.12. The molecule has 21 heavy (non-hydrogen) atoms. The van der Waals surface area contributed by atoms with Crippen LogP contribution in [-0.4, -0.2) is 15.5 Å². The van der Waals surface area contributed by atoms with Crippen molar-refractivity contribution in [2.24, 2.45) is 5.14 Å². The minimum atomic E-state index is -3.69. The molecule has 0 saturated carbocycles. The smallest absolute Gasteiger partial charge is 0.238 e. The Morgan fingerprint density at radius 3 is 2.62 bits per heavy atom. The minimum Gasteiger partial charge on any atom is -0.496 e. The summed E-state index contributed by atoms with van der Waals surface area (Å²) < 4.78 is 28.0. The van der Waals surface area contributed by atoms with Crippen molar-refractivity contribution in [3.05, 3.63) is 53.6 Å². The molecule has 0 unspecified atom stereocenters. The molecule has 0 amide bonds.